The smallest absolute Gasteiger partial charge is 0.169 e. The van der Waals surface area contributed by atoms with Gasteiger partial charge in [0.2, 0.25) is 0 Å². The van der Waals surface area contributed by atoms with E-state index in [0.29, 0.717) is 23.7 Å². The van der Waals surface area contributed by atoms with Crippen molar-refractivity contribution in [1.29, 1.82) is 0 Å². The van der Waals surface area contributed by atoms with Crippen LogP contribution in [0.2, 0.25) is 0 Å². The minimum atomic E-state index is -0.0311. The van der Waals surface area contributed by atoms with Crippen LogP contribution in [0.1, 0.15) is 32.3 Å². The highest BCUT2D eigenvalue weighted by Gasteiger charge is 2.32. The lowest BCUT2D eigenvalue weighted by Gasteiger charge is -2.30. The predicted molar refractivity (Wildman–Crippen MR) is 91.8 cm³/mol. The zero-order chi connectivity index (χ0) is 15.9. The van der Waals surface area contributed by atoms with Gasteiger partial charge in [0.25, 0.3) is 0 Å². The van der Waals surface area contributed by atoms with Crippen molar-refractivity contribution in [3.63, 3.8) is 0 Å². The first-order valence-electron chi connectivity index (χ1n) is 7.51. The van der Waals surface area contributed by atoms with E-state index in [9.17, 15) is 9.59 Å². The topological polar surface area (TPSA) is 37.4 Å². The van der Waals surface area contributed by atoms with Crippen molar-refractivity contribution in [1.82, 2.24) is 0 Å². The number of fused-ring (bicyclic) bond motifs is 1. The normalized spacial score (nSPS) is 18.2. The van der Waals surface area contributed by atoms with E-state index < -0.39 is 0 Å². The number of nitrogens with zero attached hydrogens (tertiary/aromatic N) is 1. The third kappa shape index (κ3) is 2.52. The predicted octanol–water partition coefficient (Wildman–Crippen LogP) is 3.81. The van der Waals surface area contributed by atoms with Crippen LogP contribution in [-0.4, -0.2) is 23.9 Å². The lowest BCUT2D eigenvalue weighted by atomic mass is 10.0. The number of likely N-dealkylation sites (N-methyl/N-ethyl adjacent to an activating group) is 1. The first kappa shape index (κ1) is 15.1. The summed E-state index contributed by atoms with van der Waals surface area (Å²) in [6.45, 7) is 4.29. The second-order valence-corrected chi connectivity index (χ2v) is 7.48. The number of carbonyl (C=O) groups is 2. The number of allylic oxidation sites excluding steroid dienone is 2. The molecule has 1 fully saturated rings. The molecular formula is C18H19NO2S. The van der Waals surface area contributed by atoms with Gasteiger partial charge in [0, 0.05) is 41.3 Å². The highest BCUT2D eigenvalue weighted by Crippen LogP contribution is 2.43. The average molecular weight is 313 g/mol. The summed E-state index contributed by atoms with van der Waals surface area (Å²) >= 11 is 1.76. The monoisotopic (exact) mass is 313 g/mol. The Balaban J connectivity index is 2.20. The number of benzene rings is 1. The fourth-order valence-electron chi connectivity index (χ4n) is 2.91. The molecule has 0 radical (unpaired) electrons. The van der Waals surface area contributed by atoms with Crippen molar-refractivity contribution in [2.24, 2.45) is 0 Å². The van der Waals surface area contributed by atoms with Crippen molar-refractivity contribution in [3.8, 4) is 0 Å². The Bertz CT molecular complexity index is 698. The summed E-state index contributed by atoms with van der Waals surface area (Å²) in [6, 6.07) is 8.13. The Morgan fingerprint density at radius 3 is 2.36 bits per heavy atom. The van der Waals surface area contributed by atoms with Gasteiger partial charge in [0.05, 0.1) is 11.3 Å². The maximum atomic E-state index is 12.1. The number of hydrogen-bond acceptors (Lipinski definition) is 4. The summed E-state index contributed by atoms with van der Waals surface area (Å²) in [5.74, 6) is -0.0623. The molecule has 4 heteroatoms. The van der Waals surface area contributed by atoms with Crippen LogP contribution in [-0.2, 0) is 9.59 Å². The van der Waals surface area contributed by atoms with Crippen molar-refractivity contribution in [3.05, 3.63) is 47.2 Å². The minimum Gasteiger partial charge on any atom is -0.343 e. The summed E-state index contributed by atoms with van der Waals surface area (Å²) in [6.07, 6.45) is 2.69. The maximum absolute atomic E-state index is 12.1. The van der Waals surface area contributed by atoms with E-state index in [1.54, 1.807) is 11.8 Å². The second kappa shape index (κ2) is 5.76. The Morgan fingerprint density at radius 1 is 1.09 bits per heavy atom. The molecule has 0 spiro atoms. The largest absolute Gasteiger partial charge is 0.343 e. The fourth-order valence-corrected chi connectivity index (χ4v) is 3.90. The molecule has 1 aromatic carbocycles. The van der Waals surface area contributed by atoms with Gasteiger partial charge in [-0.15, -0.1) is 11.8 Å². The number of Topliss-reactive ketones (excluding diaryl/α,β-unsaturated/α-hetero) is 2. The molecule has 3 rings (SSSR count). The van der Waals surface area contributed by atoms with Crippen molar-refractivity contribution in [2.75, 3.05) is 11.9 Å². The zero-order valence-electron chi connectivity index (χ0n) is 13.1. The lowest BCUT2D eigenvalue weighted by molar-refractivity contribution is -0.116. The molecule has 1 aliphatic heterocycles. The van der Waals surface area contributed by atoms with Crippen molar-refractivity contribution < 1.29 is 9.59 Å². The van der Waals surface area contributed by atoms with E-state index in [1.165, 1.54) is 0 Å². The number of rotatable bonds is 2. The van der Waals surface area contributed by atoms with Gasteiger partial charge in [-0.1, -0.05) is 32.0 Å². The summed E-state index contributed by atoms with van der Waals surface area (Å²) in [5.41, 5.74) is 3.32. The van der Waals surface area contributed by atoms with Crippen LogP contribution in [0.25, 0.3) is 4.91 Å². The lowest BCUT2D eigenvalue weighted by Crippen LogP contribution is -2.24. The Labute approximate surface area is 135 Å². The zero-order valence-corrected chi connectivity index (χ0v) is 13.9. The standard InChI is InChI=1S/C18H19NO2S/c1-11(2)22-17-10-14(18-15(20)8-9-16(18)21)19(3)13-7-5-4-6-12(13)17/h4-7,10-11H,8-9H2,1-3H3. The Hall–Kier alpha value is -1.81. The van der Waals surface area contributed by atoms with E-state index in [2.05, 4.69) is 19.9 Å². The molecule has 1 saturated carbocycles. The summed E-state index contributed by atoms with van der Waals surface area (Å²) in [5, 5.41) is 0.434. The molecule has 1 aliphatic carbocycles. The highest BCUT2D eigenvalue weighted by atomic mass is 32.2. The van der Waals surface area contributed by atoms with Gasteiger partial charge in [-0.3, -0.25) is 9.59 Å². The molecule has 1 aromatic rings. The molecule has 22 heavy (non-hydrogen) atoms. The molecule has 0 bridgehead atoms. The number of carbonyl (C=O) groups excluding carboxylic acids is 2. The van der Waals surface area contributed by atoms with Gasteiger partial charge < -0.3 is 4.90 Å². The average Bonchev–Trinajstić information content (AvgIpc) is 2.81. The molecule has 0 N–H and O–H groups in total. The van der Waals surface area contributed by atoms with Crippen LogP contribution in [0.5, 0.6) is 0 Å². The maximum Gasteiger partial charge on any atom is 0.169 e. The van der Waals surface area contributed by atoms with Crippen LogP contribution in [0, 0.1) is 0 Å². The quantitative estimate of drug-likeness (QED) is 0.615. The summed E-state index contributed by atoms with van der Waals surface area (Å²) < 4.78 is 0. The number of ketones is 2. The Morgan fingerprint density at radius 2 is 1.73 bits per heavy atom. The first-order valence-corrected chi connectivity index (χ1v) is 8.39. The number of thioether (sulfide) groups is 1. The van der Waals surface area contributed by atoms with Crippen LogP contribution >= 0.6 is 11.8 Å². The SMILES string of the molecule is CC(C)SC1=CC(=C2C(=O)CCC2=O)N(C)c2ccccc21. The highest BCUT2D eigenvalue weighted by molar-refractivity contribution is 8.08. The molecule has 3 nitrogen and oxygen atoms in total. The van der Waals surface area contributed by atoms with Crippen LogP contribution in [0.15, 0.2) is 41.6 Å². The molecule has 1 heterocycles. The number of para-hydroxylation sites is 1. The minimum absolute atomic E-state index is 0.0311. The molecule has 2 aliphatic rings. The molecule has 0 unspecified atom stereocenters. The molecule has 0 saturated heterocycles. The van der Waals surface area contributed by atoms with Gasteiger partial charge in [-0.2, -0.15) is 0 Å². The van der Waals surface area contributed by atoms with Gasteiger partial charge in [-0.05, 0) is 12.1 Å². The van der Waals surface area contributed by atoms with Gasteiger partial charge in [0.15, 0.2) is 11.6 Å². The van der Waals surface area contributed by atoms with Gasteiger partial charge in [0.1, 0.15) is 0 Å². The van der Waals surface area contributed by atoms with Crippen LogP contribution < -0.4 is 4.90 Å². The molecule has 0 amide bonds. The van der Waals surface area contributed by atoms with E-state index in [4.69, 9.17) is 0 Å². The number of anilines is 1. The number of hydrogen-bond donors (Lipinski definition) is 0. The van der Waals surface area contributed by atoms with Gasteiger partial charge >= 0.3 is 0 Å². The van der Waals surface area contributed by atoms with Gasteiger partial charge in [-0.25, -0.2) is 0 Å². The van der Waals surface area contributed by atoms with E-state index >= 15 is 0 Å². The third-order valence-electron chi connectivity index (χ3n) is 3.92. The van der Waals surface area contributed by atoms with Crippen molar-refractivity contribution >= 4 is 33.9 Å². The summed E-state index contributed by atoms with van der Waals surface area (Å²) in [4.78, 5) is 27.4. The van der Waals surface area contributed by atoms with Crippen LogP contribution in [0.4, 0.5) is 5.69 Å². The second-order valence-electron chi connectivity index (χ2n) is 5.86. The van der Waals surface area contributed by atoms with E-state index in [-0.39, 0.29) is 11.6 Å². The van der Waals surface area contributed by atoms with E-state index in [0.717, 1.165) is 21.9 Å². The summed E-state index contributed by atoms with van der Waals surface area (Å²) in [7, 11) is 1.92. The Kier molecular flexibility index (Phi) is 3.96. The first-order chi connectivity index (χ1) is 10.5. The molecular weight excluding hydrogens is 294 g/mol. The molecule has 0 aromatic heterocycles. The molecule has 114 valence electrons. The van der Waals surface area contributed by atoms with E-state index in [1.807, 2.05) is 36.2 Å². The third-order valence-corrected chi connectivity index (χ3v) is 4.98. The fraction of sp³-hybridized carbons (Fsp3) is 0.333. The van der Waals surface area contributed by atoms with Crippen LogP contribution in [0.3, 0.4) is 0 Å². The molecule has 0 atom stereocenters. The van der Waals surface area contributed by atoms with Crippen molar-refractivity contribution in [2.45, 2.75) is 31.9 Å².